The van der Waals surface area contributed by atoms with E-state index in [0.717, 1.165) is 16.2 Å². The summed E-state index contributed by atoms with van der Waals surface area (Å²) in [7, 11) is 0. The van der Waals surface area contributed by atoms with Gasteiger partial charge in [-0.25, -0.2) is 0 Å². The average molecular weight is 423 g/mol. The van der Waals surface area contributed by atoms with E-state index in [-0.39, 0.29) is 41.4 Å². The van der Waals surface area contributed by atoms with Gasteiger partial charge in [-0.1, -0.05) is 23.5 Å². The second-order valence-electron chi connectivity index (χ2n) is 6.85. The standard InChI is InChI=1S/C20H17N5O4S/c1-11-7-13(26)8-12(2)24(11)9-16(27)21-20-23-22-17(30-20)10-25-18(28)14-5-3-4-6-15(14)19(25)29/h3-8H,9-10H2,1-2H3,(H,21,23,27). The topological polar surface area (TPSA) is 114 Å². The summed E-state index contributed by atoms with van der Waals surface area (Å²) in [6.45, 7) is 3.52. The molecule has 0 fully saturated rings. The number of benzene rings is 1. The van der Waals surface area contributed by atoms with Gasteiger partial charge in [-0.2, -0.15) is 0 Å². The molecule has 1 aromatic carbocycles. The summed E-state index contributed by atoms with van der Waals surface area (Å²) in [5, 5.41) is 11.3. The Kier molecular flexibility index (Phi) is 5.00. The van der Waals surface area contributed by atoms with Crippen LogP contribution in [0.1, 0.15) is 37.1 Å². The number of aryl methyl sites for hydroxylation is 2. The van der Waals surface area contributed by atoms with Crippen molar-refractivity contribution in [2.24, 2.45) is 0 Å². The number of pyridine rings is 1. The zero-order chi connectivity index (χ0) is 21.4. The predicted octanol–water partition coefficient (Wildman–Crippen LogP) is 1.75. The van der Waals surface area contributed by atoms with Crippen LogP contribution in [-0.2, 0) is 17.9 Å². The van der Waals surface area contributed by atoms with Gasteiger partial charge in [0.15, 0.2) is 5.43 Å². The number of carbonyl (C=O) groups excluding carboxylic acids is 3. The van der Waals surface area contributed by atoms with E-state index in [4.69, 9.17) is 0 Å². The van der Waals surface area contributed by atoms with Gasteiger partial charge in [0, 0.05) is 23.5 Å². The van der Waals surface area contributed by atoms with Crippen LogP contribution in [0.15, 0.2) is 41.2 Å². The molecule has 0 unspecified atom stereocenters. The van der Waals surface area contributed by atoms with Crippen molar-refractivity contribution in [3.63, 3.8) is 0 Å². The number of aromatic nitrogens is 3. The van der Waals surface area contributed by atoms with Crippen molar-refractivity contribution in [3.05, 3.63) is 74.1 Å². The van der Waals surface area contributed by atoms with Crippen molar-refractivity contribution in [2.75, 3.05) is 5.32 Å². The first-order chi connectivity index (χ1) is 14.3. The van der Waals surface area contributed by atoms with Crippen molar-refractivity contribution in [2.45, 2.75) is 26.9 Å². The molecule has 0 aliphatic carbocycles. The Balaban J connectivity index is 1.43. The molecule has 2 aromatic heterocycles. The Morgan fingerprint density at radius 2 is 1.60 bits per heavy atom. The summed E-state index contributed by atoms with van der Waals surface area (Å²) in [6, 6.07) is 9.57. The molecule has 0 radical (unpaired) electrons. The lowest BCUT2D eigenvalue weighted by atomic mass is 10.1. The molecular weight excluding hydrogens is 406 g/mol. The SMILES string of the molecule is Cc1cc(=O)cc(C)n1CC(=O)Nc1nnc(CN2C(=O)c3ccccc3C2=O)s1. The first kappa shape index (κ1) is 19.6. The quantitative estimate of drug-likeness (QED) is 0.626. The molecule has 0 atom stereocenters. The molecule has 4 rings (SSSR count). The fourth-order valence-corrected chi connectivity index (χ4v) is 4.07. The second kappa shape index (κ2) is 7.64. The molecule has 0 saturated carbocycles. The van der Waals surface area contributed by atoms with E-state index in [1.165, 1.54) is 12.1 Å². The monoisotopic (exact) mass is 423 g/mol. The fraction of sp³-hybridized carbons (Fsp3) is 0.200. The molecule has 1 aliphatic heterocycles. The minimum absolute atomic E-state index is 0.0161. The number of rotatable bonds is 5. The zero-order valence-corrected chi connectivity index (χ0v) is 17.0. The highest BCUT2D eigenvalue weighted by Gasteiger charge is 2.35. The predicted molar refractivity (Wildman–Crippen MR) is 109 cm³/mol. The van der Waals surface area contributed by atoms with Crippen molar-refractivity contribution in [1.82, 2.24) is 19.7 Å². The van der Waals surface area contributed by atoms with E-state index in [2.05, 4.69) is 15.5 Å². The minimum atomic E-state index is -0.374. The smallest absolute Gasteiger partial charge is 0.261 e. The van der Waals surface area contributed by atoms with Crippen LogP contribution in [0.3, 0.4) is 0 Å². The maximum Gasteiger partial charge on any atom is 0.261 e. The van der Waals surface area contributed by atoms with Crippen molar-refractivity contribution in [1.29, 1.82) is 0 Å². The van der Waals surface area contributed by atoms with Gasteiger partial charge in [-0.3, -0.25) is 29.4 Å². The number of fused-ring (bicyclic) bond motifs is 1. The number of carbonyl (C=O) groups is 3. The van der Waals surface area contributed by atoms with Crippen LogP contribution in [-0.4, -0.2) is 37.4 Å². The number of imide groups is 1. The van der Waals surface area contributed by atoms with Crippen LogP contribution in [0.5, 0.6) is 0 Å². The number of nitrogens with one attached hydrogen (secondary N) is 1. The number of nitrogens with zero attached hydrogens (tertiary/aromatic N) is 4. The fourth-order valence-electron chi connectivity index (χ4n) is 3.33. The maximum absolute atomic E-state index is 12.5. The highest BCUT2D eigenvalue weighted by molar-refractivity contribution is 7.15. The van der Waals surface area contributed by atoms with E-state index >= 15 is 0 Å². The van der Waals surface area contributed by atoms with Crippen LogP contribution >= 0.6 is 11.3 Å². The van der Waals surface area contributed by atoms with E-state index in [9.17, 15) is 19.2 Å². The molecule has 152 valence electrons. The molecule has 3 amide bonds. The Bertz CT molecular complexity index is 1180. The second-order valence-corrected chi connectivity index (χ2v) is 7.91. The van der Waals surface area contributed by atoms with E-state index < -0.39 is 0 Å². The maximum atomic E-state index is 12.5. The van der Waals surface area contributed by atoms with Crippen LogP contribution in [0.25, 0.3) is 0 Å². The van der Waals surface area contributed by atoms with Crippen LogP contribution in [0, 0.1) is 13.8 Å². The molecule has 0 spiro atoms. The number of hydrogen-bond acceptors (Lipinski definition) is 7. The van der Waals surface area contributed by atoms with Crippen molar-refractivity contribution < 1.29 is 14.4 Å². The lowest BCUT2D eigenvalue weighted by molar-refractivity contribution is -0.116. The third-order valence-electron chi connectivity index (χ3n) is 4.74. The van der Waals surface area contributed by atoms with Crippen molar-refractivity contribution >= 4 is 34.2 Å². The molecule has 3 aromatic rings. The normalized spacial score (nSPS) is 12.9. The molecule has 30 heavy (non-hydrogen) atoms. The Morgan fingerprint density at radius 1 is 1.00 bits per heavy atom. The molecule has 1 aliphatic rings. The van der Waals surface area contributed by atoms with Crippen LogP contribution < -0.4 is 10.7 Å². The number of hydrogen-bond donors (Lipinski definition) is 1. The largest absolute Gasteiger partial charge is 0.340 e. The Morgan fingerprint density at radius 3 is 2.20 bits per heavy atom. The first-order valence-electron chi connectivity index (χ1n) is 9.09. The highest BCUT2D eigenvalue weighted by atomic mass is 32.1. The lowest BCUT2D eigenvalue weighted by Crippen LogP contribution is -2.29. The van der Waals surface area contributed by atoms with E-state index in [0.29, 0.717) is 27.5 Å². The third kappa shape index (κ3) is 3.64. The van der Waals surface area contributed by atoms with Gasteiger partial charge in [0.2, 0.25) is 11.0 Å². The molecule has 3 heterocycles. The van der Waals surface area contributed by atoms with Crippen LogP contribution in [0.2, 0.25) is 0 Å². The molecule has 10 heteroatoms. The molecular formula is C20H17N5O4S. The van der Waals surface area contributed by atoms with E-state index in [1.807, 2.05) is 0 Å². The molecule has 0 saturated heterocycles. The van der Waals surface area contributed by atoms with Gasteiger partial charge < -0.3 is 4.57 Å². The molecule has 9 nitrogen and oxygen atoms in total. The number of anilines is 1. The summed E-state index contributed by atoms with van der Waals surface area (Å²) in [5.41, 5.74) is 1.99. The van der Waals surface area contributed by atoms with Gasteiger partial charge in [-0.15, -0.1) is 10.2 Å². The van der Waals surface area contributed by atoms with Crippen molar-refractivity contribution in [3.8, 4) is 0 Å². The average Bonchev–Trinajstić information content (AvgIpc) is 3.23. The van der Waals surface area contributed by atoms with Crippen LogP contribution in [0.4, 0.5) is 5.13 Å². The summed E-state index contributed by atoms with van der Waals surface area (Å²) >= 11 is 1.09. The van der Waals surface area contributed by atoms with Gasteiger partial charge in [0.1, 0.15) is 11.6 Å². The molecule has 1 N–H and O–H groups in total. The number of amides is 3. The third-order valence-corrected chi connectivity index (χ3v) is 5.56. The van der Waals surface area contributed by atoms with Gasteiger partial charge in [-0.05, 0) is 26.0 Å². The summed E-state index contributed by atoms with van der Waals surface area (Å²) < 4.78 is 1.72. The van der Waals surface area contributed by atoms with Gasteiger partial charge >= 0.3 is 0 Å². The molecule has 0 bridgehead atoms. The summed E-state index contributed by atoms with van der Waals surface area (Å²) in [5.74, 6) is -1.07. The Hall–Kier alpha value is -3.66. The van der Waals surface area contributed by atoms with Gasteiger partial charge in [0.25, 0.3) is 11.8 Å². The summed E-state index contributed by atoms with van der Waals surface area (Å²) in [4.78, 5) is 49.9. The first-order valence-corrected chi connectivity index (χ1v) is 9.90. The summed E-state index contributed by atoms with van der Waals surface area (Å²) in [6.07, 6.45) is 0. The highest BCUT2D eigenvalue weighted by Crippen LogP contribution is 2.26. The minimum Gasteiger partial charge on any atom is -0.340 e. The zero-order valence-electron chi connectivity index (χ0n) is 16.2. The lowest BCUT2D eigenvalue weighted by Gasteiger charge is -2.13. The van der Waals surface area contributed by atoms with E-state index in [1.54, 1.807) is 42.7 Å². The Labute approximate surface area is 175 Å². The van der Waals surface area contributed by atoms with Gasteiger partial charge in [0.05, 0.1) is 17.7 Å².